The fourth-order valence-corrected chi connectivity index (χ4v) is 3.11. The van der Waals surface area contributed by atoms with Crippen molar-refractivity contribution >= 4 is 22.5 Å². The molecule has 2 aromatic heterocycles. The van der Waals surface area contributed by atoms with Crippen LogP contribution in [-0.2, 0) is 6.54 Å². The number of nitrogens with one attached hydrogen (secondary N) is 2. The van der Waals surface area contributed by atoms with Gasteiger partial charge in [-0.3, -0.25) is 4.79 Å². The second-order valence-electron chi connectivity index (χ2n) is 6.85. The van der Waals surface area contributed by atoms with Crippen molar-refractivity contribution in [2.24, 2.45) is 0 Å². The lowest BCUT2D eigenvalue weighted by Crippen LogP contribution is -2.22. The van der Waals surface area contributed by atoms with Gasteiger partial charge in [-0.15, -0.1) is 0 Å². The van der Waals surface area contributed by atoms with Gasteiger partial charge in [0.2, 0.25) is 0 Å². The van der Waals surface area contributed by atoms with E-state index in [0.29, 0.717) is 11.4 Å². The number of rotatable bonds is 5. The number of nitrogens with zero attached hydrogens (tertiary/aromatic N) is 2. The monoisotopic (exact) mass is 352 g/mol. The lowest BCUT2D eigenvalue weighted by Gasteiger charge is -2.09. The van der Waals surface area contributed by atoms with E-state index in [9.17, 15) is 9.59 Å². The predicted molar refractivity (Wildman–Crippen MR) is 104 cm³/mol. The third-order valence-electron chi connectivity index (χ3n) is 4.43. The van der Waals surface area contributed by atoms with Gasteiger partial charge in [0.25, 0.3) is 5.91 Å². The number of aromatic nitrogens is 3. The molecule has 0 fully saturated rings. The third kappa shape index (κ3) is 3.54. The highest BCUT2D eigenvalue weighted by atomic mass is 16.2. The maximum atomic E-state index is 12.5. The molecule has 0 saturated heterocycles. The highest BCUT2D eigenvalue weighted by Crippen LogP contribution is 2.24. The van der Waals surface area contributed by atoms with Gasteiger partial charge in [-0.1, -0.05) is 20.8 Å². The molecular weight excluding hydrogens is 328 g/mol. The Bertz CT molecular complexity index is 1010. The predicted octanol–water partition coefficient (Wildman–Crippen LogP) is 3.82. The molecule has 0 radical (unpaired) electrons. The number of hydrogen-bond donors (Lipinski definition) is 2. The van der Waals surface area contributed by atoms with Gasteiger partial charge < -0.3 is 14.9 Å². The van der Waals surface area contributed by atoms with Crippen LogP contribution in [0.1, 0.15) is 55.0 Å². The minimum Gasteiger partial charge on any atom is -0.345 e. The minimum absolute atomic E-state index is 0.106. The summed E-state index contributed by atoms with van der Waals surface area (Å²) in [5.41, 5.74) is 3.34. The minimum atomic E-state index is -0.510. The van der Waals surface area contributed by atoms with Crippen LogP contribution in [0.5, 0.6) is 0 Å². The third-order valence-corrected chi connectivity index (χ3v) is 4.43. The van der Waals surface area contributed by atoms with E-state index in [1.165, 1.54) is 5.69 Å². The van der Waals surface area contributed by atoms with Crippen molar-refractivity contribution in [2.45, 2.75) is 46.6 Å². The SMILES string of the molecule is CCCn1c(C)cc2cc(NC(=O)c3cc(C(C)C)[nH]c(=O)n3)ccc21. The smallest absolute Gasteiger partial charge is 0.345 e. The Kier molecular flexibility index (Phi) is 4.93. The standard InChI is InChI=1S/C20H24N4O2/c1-5-8-24-13(4)9-14-10-15(6-7-18(14)24)21-19(25)17-11-16(12(2)3)22-20(26)23-17/h6-7,9-12H,5,8H2,1-4H3,(H,21,25)(H,22,23,26). The molecule has 2 heterocycles. The highest BCUT2D eigenvalue weighted by molar-refractivity contribution is 6.03. The largest absolute Gasteiger partial charge is 0.345 e. The van der Waals surface area contributed by atoms with Crippen LogP contribution < -0.4 is 11.0 Å². The molecule has 0 unspecified atom stereocenters. The van der Waals surface area contributed by atoms with Crippen molar-refractivity contribution in [3.05, 3.63) is 57.9 Å². The molecule has 6 nitrogen and oxygen atoms in total. The number of amides is 1. The zero-order valence-corrected chi connectivity index (χ0v) is 15.6. The number of hydrogen-bond acceptors (Lipinski definition) is 3. The van der Waals surface area contributed by atoms with E-state index in [1.54, 1.807) is 6.07 Å². The van der Waals surface area contributed by atoms with E-state index in [4.69, 9.17) is 0 Å². The maximum Gasteiger partial charge on any atom is 0.345 e. The molecule has 0 aliphatic carbocycles. The Hall–Kier alpha value is -2.89. The number of H-pyrrole nitrogens is 1. The van der Waals surface area contributed by atoms with Gasteiger partial charge in [0, 0.05) is 34.5 Å². The van der Waals surface area contributed by atoms with Gasteiger partial charge >= 0.3 is 5.69 Å². The lowest BCUT2D eigenvalue weighted by atomic mass is 10.1. The molecule has 0 atom stereocenters. The van der Waals surface area contributed by atoms with Gasteiger partial charge in [-0.2, -0.15) is 4.98 Å². The van der Waals surface area contributed by atoms with Gasteiger partial charge in [-0.05, 0) is 49.6 Å². The fourth-order valence-electron chi connectivity index (χ4n) is 3.11. The summed E-state index contributed by atoms with van der Waals surface area (Å²) in [7, 11) is 0. The highest BCUT2D eigenvalue weighted by Gasteiger charge is 2.13. The number of benzene rings is 1. The van der Waals surface area contributed by atoms with Gasteiger partial charge in [0.15, 0.2) is 0 Å². The van der Waals surface area contributed by atoms with Crippen LogP contribution in [0.25, 0.3) is 10.9 Å². The number of anilines is 1. The summed E-state index contributed by atoms with van der Waals surface area (Å²) in [6.07, 6.45) is 1.06. The molecule has 0 bridgehead atoms. The Morgan fingerprint density at radius 3 is 2.73 bits per heavy atom. The molecule has 2 N–H and O–H groups in total. The molecule has 0 spiro atoms. The molecule has 3 aromatic rings. The summed E-state index contributed by atoms with van der Waals surface area (Å²) in [5.74, 6) is -0.281. The average Bonchev–Trinajstić information content (AvgIpc) is 2.89. The molecule has 1 amide bonds. The fraction of sp³-hybridized carbons (Fsp3) is 0.350. The quantitative estimate of drug-likeness (QED) is 0.732. The number of aryl methyl sites for hydroxylation is 2. The number of carbonyl (C=O) groups excluding carboxylic acids is 1. The van der Waals surface area contributed by atoms with Crippen molar-refractivity contribution in [2.75, 3.05) is 5.32 Å². The van der Waals surface area contributed by atoms with Crippen molar-refractivity contribution < 1.29 is 4.79 Å². The maximum absolute atomic E-state index is 12.5. The summed E-state index contributed by atoms with van der Waals surface area (Å²) >= 11 is 0. The molecule has 0 saturated carbocycles. The molecule has 0 aliphatic rings. The van der Waals surface area contributed by atoms with Crippen LogP contribution in [0, 0.1) is 6.92 Å². The van der Waals surface area contributed by atoms with E-state index in [-0.39, 0.29) is 17.5 Å². The van der Waals surface area contributed by atoms with Gasteiger partial charge in [-0.25, -0.2) is 4.79 Å². The first-order valence-electron chi connectivity index (χ1n) is 8.91. The molecule has 6 heteroatoms. The summed E-state index contributed by atoms with van der Waals surface area (Å²) in [4.78, 5) is 30.7. The summed E-state index contributed by atoms with van der Waals surface area (Å²) < 4.78 is 2.27. The lowest BCUT2D eigenvalue weighted by molar-refractivity contribution is 0.102. The van der Waals surface area contributed by atoms with Gasteiger partial charge in [0.05, 0.1) is 0 Å². The molecule has 1 aromatic carbocycles. The van der Waals surface area contributed by atoms with E-state index >= 15 is 0 Å². The molecule has 3 rings (SSSR count). The Morgan fingerprint density at radius 2 is 2.04 bits per heavy atom. The Morgan fingerprint density at radius 1 is 1.27 bits per heavy atom. The molecule has 0 aliphatic heterocycles. The molecular formula is C20H24N4O2. The normalized spacial score (nSPS) is 11.3. The van der Waals surface area contributed by atoms with Crippen molar-refractivity contribution in [3.8, 4) is 0 Å². The number of carbonyl (C=O) groups is 1. The van der Waals surface area contributed by atoms with E-state index in [1.807, 2.05) is 32.0 Å². The molecule has 26 heavy (non-hydrogen) atoms. The van der Waals surface area contributed by atoms with Crippen LogP contribution in [-0.4, -0.2) is 20.4 Å². The zero-order chi connectivity index (χ0) is 18.8. The average molecular weight is 352 g/mol. The Balaban J connectivity index is 1.89. The van der Waals surface area contributed by atoms with E-state index < -0.39 is 5.69 Å². The summed E-state index contributed by atoms with van der Waals surface area (Å²) in [6, 6.07) is 9.58. The second kappa shape index (κ2) is 7.15. The number of fused-ring (bicyclic) bond motifs is 1. The first kappa shape index (κ1) is 17.9. The van der Waals surface area contributed by atoms with E-state index in [0.717, 1.165) is 23.9 Å². The van der Waals surface area contributed by atoms with Crippen LogP contribution in [0.2, 0.25) is 0 Å². The van der Waals surface area contributed by atoms with Crippen molar-refractivity contribution in [1.29, 1.82) is 0 Å². The van der Waals surface area contributed by atoms with Crippen molar-refractivity contribution in [1.82, 2.24) is 14.5 Å². The molecule has 136 valence electrons. The Labute approximate surface area is 152 Å². The van der Waals surface area contributed by atoms with Crippen LogP contribution >= 0.6 is 0 Å². The summed E-state index contributed by atoms with van der Waals surface area (Å²) in [6.45, 7) is 9.10. The van der Waals surface area contributed by atoms with Crippen LogP contribution in [0.4, 0.5) is 5.69 Å². The number of aromatic amines is 1. The summed E-state index contributed by atoms with van der Waals surface area (Å²) in [5, 5.41) is 3.92. The van der Waals surface area contributed by atoms with Gasteiger partial charge in [0.1, 0.15) is 5.69 Å². The van der Waals surface area contributed by atoms with Crippen LogP contribution in [0.15, 0.2) is 35.1 Å². The first-order chi connectivity index (χ1) is 12.4. The van der Waals surface area contributed by atoms with Crippen LogP contribution in [0.3, 0.4) is 0 Å². The van der Waals surface area contributed by atoms with Crippen molar-refractivity contribution in [3.63, 3.8) is 0 Å². The van der Waals surface area contributed by atoms with E-state index in [2.05, 4.69) is 39.8 Å². The second-order valence-corrected chi connectivity index (χ2v) is 6.85. The first-order valence-corrected chi connectivity index (χ1v) is 8.91. The zero-order valence-electron chi connectivity index (χ0n) is 15.6. The topological polar surface area (TPSA) is 79.8 Å².